The van der Waals surface area contributed by atoms with E-state index in [1.54, 1.807) is 0 Å². The van der Waals surface area contributed by atoms with Gasteiger partial charge >= 0.3 is 6.03 Å². The molecular formula is C22H36N4O3+2. The summed E-state index contributed by atoms with van der Waals surface area (Å²) in [7, 11) is 0. The first kappa shape index (κ1) is 21.6. The fourth-order valence-corrected chi connectivity index (χ4v) is 4.31. The summed E-state index contributed by atoms with van der Waals surface area (Å²) in [5.74, 6) is 0.733. The summed E-state index contributed by atoms with van der Waals surface area (Å²) in [5, 5.41) is 5.50. The molecule has 1 aromatic carbocycles. The van der Waals surface area contributed by atoms with Crippen LogP contribution < -0.4 is 25.2 Å². The van der Waals surface area contributed by atoms with Crippen molar-refractivity contribution in [2.24, 2.45) is 0 Å². The molecule has 1 heterocycles. The van der Waals surface area contributed by atoms with Crippen LogP contribution in [0, 0.1) is 0 Å². The minimum Gasteiger partial charge on any atom is -0.488 e. The van der Waals surface area contributed by atoms with Gasteiger partial charge in [0.05, 0.1) is 0 Å². The molecule has 3 rings (SSSR count). The Morgan fingerprint density at radius 2 is 1.76 bits per heavy atom. The van der Waals surface area contributed by atoms with Crippen molar-refractivity contribution in [3.8, 4) is 5.75 Å². The number of rotatable bonds is 7. The average Bonchev–Trinajstić information content (AvgIpc) is 2.75. The van der Waals surface area contributed by atoms with Gasteiger partial charge in [0, 0.05) is 6.04 Å². The molecule has 3 amide bonds. The number of carbonyl (C=O) groups is 2. The van der Waals surface area contributed by atoms with Crippen molar-refractivity contribution in [3.05, 3.63) is 30.3 Å². The molecule has 0 bridgehead atoms. The Morgan fingerprint density at radius 3 is 2.45 bits per heavy atom. The van der Waals surface area contributed by atoms with Gasteiger partial charge in [0.1, 0.15) is 45.1 Å². The van der Waals surface area contributed by atoms with E-state index in [-0.39, 0.29) is 24.0 Å². The number of carbonyl (C=O) groups excluding carboxylic acids is 2. The van der Waals surface area contributed by atoms with Crippen LogP contribution in [0.5, 0.6) is 5.75 Å². The number of hydrogen-bond donors (Lipinski definition) is 4. The Kier molecular flexibility index (Phi) is 8.31. The molecular weight excluding hydrogens is 368 g/mol. The number of imide groups is 1. The Morgan fingerprint density at radius 1 is 1.07 bits per heavy atom. The fraction of sp³-hybridized carbons (Fsp3) is 0.636. The molecule has 2 fully saturated rings. The van der Waals surface area contributed by atoms with Gasteiger partial charge in [0.15, 0.2) is 6.04 Å². The maximum absolute atomic E-state index is 12.5. The molecule has 29 heavy (non-hydrogen) atoms. The highest BCUT2D eigenvalue weighted by Crippen LogP contribution is 2.17. The third-order valence-electron chi connectivity index (χ3n) is 6.25. The molecule has 1 aliphatic carbocycles. The van der Waals surface area contributed by atoms with Crippen LogP contribution in [0.15, 0.2) is 30.3 Å². The fourth-order valence-electron chi connectivity index (χ4n) is 4.31. The highest BCUT2D eigenvalue weighted by atomic mass is 16.5. The molecule has 1 aromatic rings. The molecule has 160 valence electrons. The quantitative estimate of drug-likeness (QED) is 0.490. The van der Waals surface area contributed by atoms with Crippen LogP contribution in [-0.4, -0.2) is 63.4 Å². The lowest BCUT2D eigenvalue weighted by molar-refractivity contribution is -1.02. The number of nitrogens with one attached hydrogen (secondary N) is 4. The van der Waals surface area contributed by atoms with Gasteiger partial charge in [-0.1, -0.05) is 37.5 Å². The van der Waals surface area contributed by atoms with E-state index < -0.39 is 0 Å². The van der Waals surface area contributed by atoms with Crippen LogP contribution in [0.1, 0.15) is 39.0 Å². The van der Waals surface area contributed by atoms with Gasteiger partial charge in [-0.3, -0.25) is 10.1 Å². The van der Waals surface area contributed by atoms with E-state index in [1.165, 1.54) is 16.2 Å². The second-order valence-electron chi connectivity index (χ2n) is 8.34. The minimum atomic E-state index is -0.338. The van der Waals surface area contributed by atoms with Crippen molar-refractivity contribution in [1.82, 2.24) is 10.6 Å². The first-order valence-electron chi connectivity index (χ1n) is 11.1. The SMILES string of the molecule is C[C@@H](C(=O)NC(=O)NC1CCCCC1)[NH+]1CC[NH+](CCOc2ccccc2)CC1. The molecule has 0 radical (unpaired) electrons. The summed E-state index contributed by atoms with van der Waals surface area (Å²) >= 11 is 0. The van der Waals surface area contributed by atoms with Gasteiger partial charge in [-0.2, -0.15) is 0 Å². The Hall–Kier alpha value is -2.12. The summed E-state index contributed by atoms with van der Waals surface area (Å²) < 4.78 is 5.79. The van der Waals surface area contributed by atoms with Crippen LogP contribution in [0.25, 0.3) is 0 Å². The standard InChI is InChI=1S/C22H34N4O3/c1-18(21(27)24-22(28)23-19-8-4-2-5-9-19)26-14-12-25(13-15-26)16-17-29-20-10-6-3-7-11-20/h3,6-7,10-11,18-19H,2,4-5,8-9,12-17H2,1H3,(H2,23,24,27,28)/p+2/t18-/m0/s1. The smallest absolute Gasteiger partial charge is 0.321 e. The average molecular weight is 405 g/mol. The molecule has 4 N–H and O–H groups in total. The van der Waals surface area contributed by atoms with Crippen molar-refractivity contribution in [2.75, 3.05) is 39.3 Å². The van der Waals surface area contributed by atoms with E-state index in [4.69, 9.17) is 4.74 Å². The number of amides is 3. The van der Waals surface area contributed by atoms with Crippen LogP contribution in [0.3, 0.4) is 0 Å². The van der Waals surface area contributed by atoms with E-state index in [2.05, 4.69) is 10.6 Å². The van der Waals surface area contributed by atoms with Gasteiger partial charge in [-0.25, -0.2) is 4.79 Å². The lowest BCUT2D eigenvalue weighted by Gasteiger charge is -2.32. The van der Waals surface area contributed by atoms with Crippen molar-refractivity contribution < 1.29 is 24.1 Å². The van der Waals surface area contributed by atoms with Gasteiger partial charge < -0.3 is 19.9 Å². The lowest BCUT2D eigenvalue weighted by Crippen LogP contribution is -3.30. The van der Waals surface area contributed by atoms with E-state index in [9.17, 15) is 9.59 Å². The van der Waals surface area contributed by atoms with Gasteiger partial charge in [0.2, 0.25) is 0 Å². The third-order valence-corrected chi connectivity index (χ3v) is 6.25. The highest BCUT2D eigenvalue weighted by molar-refractivity contribution is 5.96. The van der Waals surface area contributed by atoms with Gasteiger partial charge in [-0.05, 0) is 31.9 Å². The zero-order valence-electron chi connectivity index (χ0n) is 17.5. The normalized spacial score (nSPS) is 23.8. The van der Waals surface area contributed by atoms with E-state index in [0.717, 1.165) is 64.2 Å². The summed E-state index contributed by atoms with van der Waals surface area (Å²) in [4.78, 5) is 27.4. The van der Waals surface area contributed by atoms with Crippen LogP contribution in [0.2, 0.25) is 0 Å². The van der Waals surface area contributed by atoms with Crippen molar-refractivity contribution in [1.29, 1.82) is 0 Å². The molecule has 1 aliphatic heterocycles. The molecule has 1 atom stereocenters. The van der Waals surface area contributed by atoms with Crippen LogP contribution in [0.4, 0.5) is 4.79 Å². The number of ether oxygens (including phenoxy) is 1. The summed E-state index contributed by atoms with van der Waals surface area (Å²) in [6.45, 7) is 7.47. The molecule has 7 heteroatoms. The highest BCUT2D eigenvalue weighted by Gasteiger charge is 2.32. The topological polar surface area (TPSA) is 76.3 Å². The maximum atomic E-state index is 12.5. The molecule has 0 spiro atoms. The van der Waals surface area contributed by atoms with Gasteiger partial charge in [0.25, 0.3) is 5.91 Å². The monoisotopic (exact) mass is 404 g/mol. The summed E-state index contributed by atoms with van der Waals surface area (Å²) in [6, 6.07) is 9.55. The number of benzene rings is 1. The Labute approximate surface area is 173 Å². The minimum absolute atomic E-state index is 0.177. The van der Waals surface area contributed by atoms with E-state index >= 15 is 0 Å². The zero-order chi connectivity index (χ0) is 20.5. The first-order valence-corrected chi connectivity index (χ1v) is 11.1. The Balaban J connectivity index is 1.32. The first-order chi connectivity index (χ1) is 14.1. The van der Waals surface area contributed by atoms with Gasteiger partial charge in [-0.15, -0.1) is 0 Å². The predicted octanol–water partition coefficient (Wildman–Crippen LogP) is -0.604. The second kappa shape index (κ2) is 11.2. The summed E-state index contributed by atoms with van der Waals surface area (Å²) in [5.41, 5.74) is 0. The molecule has 0 aromatic heterocycles. The largest absolute Gasteiger partial charge is 0.488 e. The number of hydrogen-bond acceptors (Lipinski definition) is 3. The predicted molar refractivity (Wildman–Crippen MR) is 111 cm³/mol. The second-order valence-corrected chi connectivity index (χ2v) is 8.34. The zero-order valence-corrected chi connectivity index (χ0v) is 17.5. The molecule has 7 nitrogen and oxygen atoms in total. The molecule has 2 aliphatic rings. The maximum Gasteiger partial charge on any atom is 0.321 e. The van der Waals surface area contributed by atoms with Crippen LogP contribution in [-0.2, 0) is 4.79 Å². The van der Waals surface area contributed by atoms with E-state index in [1.807, 2.05) is 37.3 Å². The molecule has 1 saturated heterocycles. The number of para-hydroxylation sites is 1. The number of quaternary nitrogens is 2. The molecule has 1 saturated carbocycles. The number of piperazine rings is 1. The number of urea groups is 1. The van der Waals surface area contributed by atoms with E-state index in [0.29, 0.717) is 6.61 Å². The Bertz CT molecular complexity index is 641. The third kappa shape index (κ3) is 7.01. The van der Waals surface area contributed by atoms with Crippen molar-refractivity contribution >= 4 is 11.9 Å². The van der Waals surface area contributed by atoms with Crippen molar-refractivity contribution in [2.45, 2.75) is 51.1 Å². The van der Waals surface area contributed by atoms with Crippen LogP contribution >= 0.6 is 0 Å². The molecule has 0 unspecified atom stereocenters. The lowest BCUT2D eigenvalue weighted by atomic mass is 9.96. The van der Waals surface area contributed by atoms with Crippen molar-refractivity contribution in [3.63, 3.8) is 0 Å². The summed E-state index contributed by atoms with van der Waals surface area (Å²) in [6.07, 6.45) is 5.58.